The number of nitrogen functional groups attached to an aromatic ring is 2. The molecule has 2 unspecified atom stereocenters. The highest BCUT2D eigenvalue weighted by Crippen LogP contribution is 2.22. The van der Waals surface area contributed by atoms with E-state index in [9.17, 15) is 4.79 Å². The molecule has 0 saturated carbocycles. The third-order valence-electron chi connectivity index (χ3n) is 5.62. The Labute approximate surface area is 181 Å². The third-order valence-corrected chi connectivity index (χ3v) is 5.62. The molecular weight excluding hydrogens is 374 g/mol. The zero-order chi connectivity index (χ0) is 22.1. The van der Waals surface area contributed by atoms with Gasteiger partial charge in [-0.05, 0) is 70.1 Å². The number of ketones is 1. The molecule has 0 amide bonds. The summed E-state index contributed by atoms with van der Waals surface area (Å²) in [6.45, 7) is 10.9. The molecular formula is C25H37N3O2. The zero-order valence-electron chi connectivity index (χ0n) is 18.9. The molecule has 0 spiro atoms. The average Bonchev–Trinajstić information content (AvgIpc) is 2.75. The minimum atomic E-state index is -0.0969. The van der Waals surface area contributed by atoms with Crippen LogP contribution in [0.4, 0.5) is 11.4 Å². The number of unbranched alkanes of at least 4 members (excludes halogenated alkanes) is 2. The van der Waals surface area contributed by atoms with Crippen LogP contribution in [0.15, 0.2) is 42.5 Å². The largest absolute Gasteiger partial charge is 0.489 e. The van der Waals surface area contributed by atoms with E-state index >= 15 is 0 Å². The van der Waals surface area contributed by atoms with Gasteiger partial charge in [0.05, 0.1) is 11.4 Å². The molecule has 2 aromatic carbocycles. The molecule has 2 atom stereocenters. The van der Waals surface area contributed by atoms with E-state index in [-0.39, 0.29) is 11.9 Å². The second kappa shape index (κ2) is 11.6. The standard InChI is InChI=1S/C25H37N3O2/c1-5-7-14-28(15-8-6-2)18(3)19(4)30-22-11-9-10-20(16-22)25(29)21-12-13-23(26)24(27)17-21/h9-13,16-19H,5-8,14-15,26-27H2,1-4H3. The predicted molar refractivity (Wildman–Crippen MR) is 126 cm³/mol. The number of rotatable bonds is 12. The lowest BCUT2D eigenvalue weighted by molar-refractivity contribution is 0.0848. The lowest BCUT2D eigenvalue weighted by Crippen LogP contribution is -2.43. The van der Waals surface area contributed by atoms with Gasteiger partial charge in [0, 0.05) is 17.2 Å². The summed E-state index contributed by atoms with van der Waals surface area (Å²) in [6.07, 6.45) is 4.76. The van der Waals surface area contributed by atoms with Crippen LogP contribution in [0.2, 0.25) is 0 Å². The van der Waals surface area contributed by atoms with Crippen LogP contribution < -0.4 is 16.2 Å². The van der Waals surface area contributed by atoms with Gasteiger partial charge in [0.1, 0.15) is 11.9 Å². The molecule has 0 heterocycles. The molecule has 5 nitrogen and oxygen atoms in total. The molecule has 2 aromatic rings. The first-order valence-electron chi connectivity index (χ1n) is 11.1. The van der Waals surface area contributed by atoms with Crippen LogP contribution in [-0.2, 0) is 0 Å². The van der Waals surface area contributed by atoms with Gasteiger partial charge >= 0.3 is 0 Å². The van der Waals surface area contributed by atoms with Gasteiger partial charge in [-0.15, -0.1) is 0 Å². The van der Waals surface area contributed by atoms with Crippen LogP contribution in [0.3, 0.4) is 0 Å². The Bertz CT molecular complexity index is 814. The van der Waals surface area contributed by atoms with Crippen LogP contribution >= 0.6 is 0 Å². The number of nitrogens with zero attached hydrogens (tertiary/aromatic N) is 1. The molecule has 2 rings (SSSR count). The Morgan fingerprint density at radius 2 is 1.57 bits per heavy atom. The van der Waals surface area contributed by atoms with Crippen molar-refractivity contribution in [3.8, 4) is 5.75 Å². The minimum Gasteiger partial charge on any atom is -0.489 e. The minimum absolute atomic E-state index is 0.0104. The van der Waals surface area contributed by atoms with Crippen molar-refractivity contribution in [2.24, 2.45) is 0 Å². The number of hydrogen-bond acceptors (Lipinski definition) is 5. The Balaban J connectivity index is 2.10. The van der Waals surface area contributed by atoms with E-state index in [2.05, 4.69) is 32.6 Å². The molecule has 0 radical (unpaired) electrons. The van der Waals surface area contributed by atoms with E-state index in [0.717, 1.165) is 13.1 Å². The third kappa shape index (κ3) is 6.49. The zero-order valence-corrected chi connectivity index (χ0v) is 18.9. The first kappa shape index (κ1) is 23.7. The number of carbonyl (C=O) groups excluding carboxylic acids is 1. The van der Waals surface area contributed by atoms with Gasteiger partial charge in [0.15, 0.2) is 5.78 Å². The molecule has 0 aliphatic carbocycles. The summed E-state index contributed by atoms with van der Waals surface area (Å²) in [5.41, 5.74) is 13.6. The van der Waals surface area contributed by atoms with E-state index in [1.807, 2.05) is 12.1 Å². The smallest absolute Gasteiger partial charge is 0.193 e. The summed E-state index contributed by atoms with van der Waals surface area (Å²) in [4.78, 5) is 15.4. The second-order valence-corrected chi connectivity index (χ2v) is 8.01. The fraction of sp³-hybridized carbons (Fsp3) is 0.480. The summed E-state index contributed by atoms with van der Waals surface area (Å²) in [5, 5.41) is 0. The van der Waals surface area contributed by atoms with Crippen molar-refractivity contribution < 1.29 is 9.53 Å². The van der Waals surface area contributed by atoms with Crippen molar-refractivity contribution in [2.45, 2.75) is 65.5 Å². The maximum absolute atomic E-state index is 12.9. The molecule has 0 aromatic heterocycles. The topological polar surface area (TPSA) is 81.6 Å². The summed E-state index contributed by atoms with van der Waals surface area (Å²) in [7, 11) is 0. The van der Waals surface area contributed by atoms with Crippen LogP contribution in [0.25, 0.3) is 0 Å². The molecule has 0 fully saturated rings. The Hall–Kier alpha value is -2.53. The highest BCUT2D eigenvalue weighted by atomic mass is 16.5. The molecule has 30 heavy (non-hydrogen) atoms. The first-order chi connectivity index (χ1) is 14.4. The summed E-state index contributed by atoms with van der Waals surface area (Å²) >= 11 is 0. The van der Waals surface area contributed by atoms with Crippen molar-refractivity contribution >= 4 is 17.2 Å². The van der Waals surface area contributed by atoms with Gasteiger partial charge in [0.25, 0.3) is 0 Å². The van der Waals surface area contributed by atoms with E-state index in [4.69, 9.17) is 16.2 Å². The van der Waals surface area contributed by atoms with Gasteiger partial charge in [-0.25, -0.2) is 0 Å². The molecule has 5 heteroatoms. The fourth-order valence-electron chi connectivity index (χ4n) is 3.44. The van der Waals surface area contributed by atoms with Gasteiger partial charge in [-0.2, -0.15) is 0 Å². The molecule has 4 N–H and O–H groups in total. The Morgan fingerprint density at radius 1 is 0.933 bits per heavy atom. The maximum atomic E-state index is 12.9. The lowest BCUT2D eigenvalue weighted by atomic mass is 10.0. The van der Waals surface area contributed by atoms with E-state index in [0.29, 0.717) is 34.3 Å². The fourth-order valence-corrected chi connectivity index (χ4v) is 3.44. The number of nitrogens with two attached hydrogens (primary N) is 2. The summed E-state index contributed by atoms with van der Waals surface area (Å²) < 4.78 is 6.25. The highest BCUT2D eigenvalue weighted by molar-refractivity contribution is 6.10. The van der Waals surface area contributed by atoms with Crippen molar-refractivity contribution in [3.05, 3.63) is 53.6 Å². The summed E-state index contributed by atoms with van der Waals surface area (Å²) in [6, 6.07) is 12.6. The monoisotopic (exact) mass is 411 g/mol. The Morgan fingerprint density at radius 3 is 2.17 bits per heavy atom. The molecule has 164 valence electrons. The van der Waals surface area contributed by atoms with Crippen LogP contribution in [0.1, 0.15) is 69.3 Å². The first-order valence-corrected chi connectivity index (χ1v) is 11.1. The van der Waals surface area contributed by atoms with Crippen molar-refractivity contribution in [1.82, 2.24) is 4.90 Å². The van der Waals surface area contributed by atoms with Crippen molar-refractivity contribution in [1.29, 1.82) is 0 Å². The van der Waals surface area contributed by atoms with Gasteiger partial charge in [0.2, 0.25) is 0 Å². The number of anilines is 2. The van der Waals surface area contributed by atoms with Crippen molar-refractivity contribution in [3.63, 3.8) is 0 Å². The highest BCUT2D eigenvalue weighted by Gasteiger charge is 2.21. The van der Waals surface area contributed by atoms with Crippen LogP contribution in [0, 0.1) is 0 Å². The molecule has 0 bridgehead atoms. The van der Waals surface area contributed by atoms with E-state index < -0.39 is 0 Å². The second-order valence-electron chi connectivity index (χ2n) is 8.01. The SMILES string of the molecule is CCCCN(CCCC)C(C)C(C)Oc1cccc(C(=O)c2ccc(N)c(N)c2)c1. The number of benzene rings is 2. The van der Waals surface area contributed by atoms with Gasteiger partial charge < -0.3 is 16.2 Å². The van der Waals surface area contributed by atoms with Gasteiger partial charge in [-0.3, -0.25) is 9.69 Å². The van der Waals surface area contributed by atoms with Gasteiger partial charge in [-0.1, -0.05) is 38.8 Å². The maximum Gasteiger partial charge on any atom is 0.193 e. The molecule has 0 saturated heterocycles. The number of ether oxygens (including phenoxy) is 1. The van der Waals surface area contributed by atoms with Crippen LogP contribution in [-0.4, -0.2) is 35.9 Å². The number of carbonyl (C=O) groups is 1. The lowest BCUT2D eigenvalue weighted by Gasteiger charge is -2.33. The number of hydrogen-bond donors (Lipinski definition) is 2. The van der Waals surface area contributed by atoms with Crippen molar-refractivity contribution in [2.75, 3.05) is 24.6 Å². The molecule has 0 aliphatic rings. The Kier molecular flexibility index (Phi) is 9.18. The molecule has 0 aliphatic heterocycles. The van der Waals surface area contributed by atoms with E-state index in [1.165, 1.54) is 25.7 Å². The normalized spacial score (nSPS) is 13.2. The quantitative estimate of drug-likeness (QED) is 0.373. The van der Waals surface area contributed by atoms with Crippen LogP contribution in [0.5, 0.6) is 5.75 Å². The van der Waals surface area contributed by atoms with E-state index in [1.54, 1.807) is 30.3 Å². The summed E-state index contributed by atoms with van der Waals surface area (Å²) in [5.74, 6) is 0.606. The average molecular weight is 412 g/mol. The predicted octanol–water partition coefficient (Wildman–Crippen LogP) is 5.14.